The number of allylic oxidation sites excluding steroid dienone is 2. The van der Waals surface area contributed by atoms with E-state index in [1.54, 1.807) is 5.57 Å². The van der Waals surface area contributed by atoms with Gasteiger partial charge >= 0.3 is 5.97 Å². The number of esters is 1. The van der Waals surface area contributed by atoms with Crippen molar-refractivity contribution in [2.24, 2.45) is 39.9 Å². The molecule has 3 heteroatoms. The van der Waals surface area contributed by atoms with Crippen LogP contribution in [0.15, 0.2) is 11.6 Å². The number of aliphatic hydroxyl groups excluding tert-OH is 1. The van der Waals surface area contributed by atoms with E-state index in [9.17, 15) is 9.90 Å². The summed E-state index contributed by atoms with van der Waals surface area (Å²) in [6.45, 7) is 10.7. The van der Waals surface area contributed by atoms with Gasteiger partial charge in [-0.15, -0.1) is 0 Å². The Bertz CT molecular complexity index is 674. The van der Waals surface area contributed by atoms with Crippen LogP contribution in [0.4, 0.5) is 0 Å². The van der Waals surface area contributed by atoms with Crippen LogP contribution >= 0.6 is 0 Å². The molecule has 164 valence electrons. The summed E-state index contributed by atoms with van der Waals surface area (Å²) in [6, 6.07) is 0. The summed E-state index contributed by atoms with van der Waals surface area (Å²) in [5, 5.41) is 10.6. The van der Waals surface area contributed by atoms with Gasteiger partial charge in [0.1, 0.15) is 6.10 Å². The van der Waals surface area contributed by atoms with Crippen LogP contribution in [0, 0.1) is 39.9 Å². The second kappa shape index (κ2) is 7.39. The molecule has 3 fully saturated rings. The van der Waals surface area contributed by atoms with Crippen LogP contribution in [0.1, 0.15) is 92.4 Å². The van der Waals surface area contributed by atoms with Crippen molar-refractivity contribution < 1.29 is 14.6 Å². The van der Waals surface area contributed by atoms with Crippen molar-refractivity contribution in [2.75, 3.05) is 6.61 Å². The topological polar surface area (TPSA) is 46.5 Å². The first-order valence-corrected chi connectivity index (χ1v) is 12.2. The fourth-order valence-electron chi connectivity index (χ4n) is 7.88. The predicted molar refractivity (Wildman–Crippen MR) is 116 cm³/mol. The van der Waals surface area contributed by atoms with Gasteiger partial charge in [0, 0.05) is 12.5 Å². The van der Waals surface area contributed by atoms with Crippen LogP contribution in [0.2, 0.25) is 0 Å². The van der Waals surface area contributed by atoms with Crippen LogP contribution in [-0.2, 0) is 9.53 Å². The molecule has 3 nitrogen and oxygen atoms in total. The summed E-state index contributed by atoms with van der Waals surface area (Å²) >= 11 is 0. The van der Waals surface area contributed by atoms with Crippen molar-refractivity contribution in [3.63, 3.8) is 0 Å². The monoisotopic (exact) mass is 402 g/mol. The highest BCUT2D eigenvalue weighted by molar-refractivity contribution is 5.75. The average Bonchev–Trinajstić information content (AvgIpc) is 3.04. The third-order valence-corrected chi connectivity index (χ3v) is 9.52. The molecule has 3 saturated carbocycles. The van der Waals surface area contributed by atoms with Crippen LogP contribution < -0.4 is 0 Å². The Labute approximate surface area is 177 Å². The highest BCUT2D eigenvalue weighted by atomic mass is 16.5. The molecule has 4 rings (SSSR count). The van der Waals surface area contributed by atoms with E-state index in [-0.39, 0.29) is 22.9 Å². The lowest BCUT2D eigenvalue weighted by Gasteiger charge is -2.60. The van der Waals surface area contributed by atoms with Gasteiger partial charge in [0.2, 0.25) is 0 Å². The minimum atomic E-state index is -0.450. The number of ether oxygens (including phenoxy) is 1. The fourth-order valence-corrected chi connectivity index (χ4v) is 7.88. The van der Waals surface area contributed by atoms with Gasteiger partial charge in [-0.2, -0.15) is 0 Å². The molecule has 0 bridgehead atoms. The van der Waals surface area contributed by atoms with Gasteiger partial charge in [0.15, 0.2) is 0 Å². The summed E-state index contributed by atoms with van der Waals surface area (Å²) in [6.07, 6.45) is 13.7. The molecule has 0 spiro atoms. The normalized spacial score (nSPS) is 42.9. The van der Waals surface area contributed by atoms with E-state index in [0.29, 0.717) is 24.4 Å². The molecule has 0 saturated heterocycles. The van der Waals surface area contributed by atoms with E-state index in [0.717, 1.165) is 12.3 Å². The molecule has 0 unspecified atom stereocenters. The van der Waals surface area contributed by atoms with Crippen LogP contribution in [0.5, 0.6) is 0 Å². The van der Waals surface area contributed by atoms with Gasteiger partial charge in [0.25, 0.3) is 0 Å². The van der Waals surface area contributed by atoms with Crippen molar-refractivity contribution in [1.82, 2.24) is 0 Å². The standard InChI is InChI=1S/C26H42O3/c1-17(29-23(28)24(2,3)4)20-11-12-21-19-10-9-18-8-6-7-14-26(18,16-27)22(19)13-15-25(20,21)5/h12,17-20,22,27H,6-11,13-16H2,1-5H3/t17-,18+,19-,20+,22-,25+,26+/m0/s1. The lowest BCUT2D eigenvalue weighted by atomic mass is 9.45. The van der Waals surface area contributed by atoms with Gasteiger partial charge in [-0.1, -0.05) is 31.4 Å². The van der Waals surface area contributed by atoms with E-state index >= 15 is 0 Å². The lowest BCUT2D eigenvalue weighted by molar-refractivity contribution is -0.163. The van der Waals surface area contributed by atoms with E-state index in [1.165, 1.54) is 51.4 Å². The SMILES string of the molecule is C[C@H](OC(=O)C(C)(C)C)[C@H]1CC=C2[C@@H]3CC[C@H]4CCCC[C@]4(CO)[C@H]3CC[C@@]21C. The quantitative estimate of drug-likeness (QED) is 0.472. The Hall–Kier alpha value is -0.830. The molecule has 0 aromatic carbocycles. The van der Waals surface area contributed by atoms with E-state index in [1.807, 2.05) is 20.8 Å². The van der Waals surface area contributed by atoms with E-state index in [2.05, 4.69) is 19.9 Å². The molecular weight excluding hydrogens is 360 g/mol. The molecule has 0 heterocycles. The second-order valence-electron chi connectivity index (χ2n) is 11.9. The van der Waals surface area contributed by atoms with E-state index in [4.69, 9.17) is 4.74 Å². The summed E-state index contributed by atoms with van der Waals surface area (Å²) in [7, 11) is 0. The largest absolute Gasteiger partial charge is 0.462 e. The maximum absolute atomic E-state index is 12.5. The van der Waals surface area contributed by atoms with Crippen molar-refractivity contribution in [2.45, 2.75) is 98.5 Å². The third-order valence-electron chi connectivity index (χ3n) is 9.52. The summed E-state index contributed by atoms with van der Waals surface area (Å²) in [5.41, 5.74) is 1.52. The Morgan fingerprint density at radius 2 is 1.97 bits per heavy atom. The number of carbonyl (C=O) groups excluding carboxylic acids is 1. The molecular formula is C26H42O3. The zero-order valence-electron chi connectivity index (χ0n) is 19.3. The van der Waals surface area contributed by atoms with E-state index < -0.39 is 5.41 Å². The zero-order chi connectivity index (χ0) is 21.0. The Morgan fingerprint density at radius 1 is 1.21 bits per heavy atom. The van der Waals surface area contributed by atoms with Gasteiger partial charge in [-0.05, 0) is 101 Å². The number of hydrogen-bond acceptors (Lipinski definition) is 3. The molecule has 4 aliphatic carbocycles. The van der Waals surface area contributed by atoms with Crippen molar-refractivity contribution in [1.29, 1.82) is 0 Å². The first-order chi connectivity index (χ1) is 13.6. The molecule has 0 radical (unpaired) electrons. The number of aliphatic hydroxyl groups is 1. The molecule has 0 amide bonds. The maximum Gasteiger partial charge on any atom is 0.311 e. The van der Waals surface area contributed by atoms with Crippen molar-refractivity contribution in [3.05, 3.63) is 11.6 Å². The second-order valence-corrected chi connectivity index (χ2v) is 11.9. The summed E-state index contributed by atoms with van der Waals surface area (Å²) in [4.78, 5) is 12.5. The Kier molecular flexibility index (Phi) is 5.46. The van der Waals surface area contributed by atoms with Crippen molar-refractivity contribution >= 4 is 5.97 Å². The first kappa shape index (κ1) is 21.4. The molecule has 4 aliphatic rings. The number of rotatable bonds is 3. The Balaban J connectivity index is 1.55. The number of fused-ring (bicyclic) bond motifs is 5. The molecule has 0 aromatic heterocycles. The minimum absolute atomic E-state index is 0.0464. The summed E-state index contributed by atoms with van der Waals surface area (Å²) in [5.74, 6) is 2.32. The molecule has 0 aromatic rings. The molecule has 29 heavy (non-hydrogen) atoms. The molecule has 7 atom stereocenters. The van der Waals surface area contributed by atoms with Gasteiger partial charge < -0.3 is 9.84 Å². The highest BCUT2D eigenvalue weighted by Crippen LogP contribution is 2.66. The number of carbonyl (C=O) groups is 1. The van der Waals surface area contributed by atoms with Crippen molar-refractivity contribution in [3.8, 4) is 0 Å². The Morgan fingerprint density at radius 3 is 2.66 bits per heavy atom. The zero-order valence-corrected chi connectivity index (χ0v) is 19.3. The third kappa shape index (κ3) is 3.30. The molecule has 0 aliphatic heterocycles. The predicted octanol–water partition coefficient (Wildman–Crippen LogP) is 5.91. The highest BCUT2D eigenvalue weighted by Gasteiger charge is 2.59. The van der Waals surface area contributed by atoms with Gasteiger partial charge in [0.05, 0.1) is 5.41 Å². The van der Waals surface area contributed by atoms with Crippen LogP contribution in [0.25, 0.3) is 0 Å². The lowest BCUT2D eigenvalue weighted by Crippen LogP contribution is -2.54. The minimum Gasteiger partial charge on any atom is -0.462 e. The fraction of sp³-hybridized carbons (Fsp3) is 0.885. The van der Waals surface area contributed by atoms with Gasteiger partial charge in [-0.25, -0.2) is 0 Å². The number of hydrogen-bond donors (Lipinski definition) is 1. The van der Waals surface area contributed by atoms with Crippen LogP contribution in [0.3, 0.4) is 0 Å². The van der Waals surface area contributed by atoms with Crippen LogP contribution in [-0.4, -0.2) is 23.8 Å². The smallest absolute Gasteiger partial charge is 0.311 e. The maximum atomic E-state index is 12.5. The first-order valence-electron chi connectivity index (χ1n) is 12.2. The molecule has 1 N–H and O–H groups in total. The summed E-state index contributed by atoms with van der Waals surface area (Å²) < 4.78 is 5.96. The van der Waals surface area contributed by atoms with Gasteiger partial charge in [-0.3, -0.25) is 4.79 Å². The average molecular weight is 403 g/mol.